The number of carbonyl (C=O) groups excluding carboxylic acids is 1. The zero-order valence-corrected chi connectivity index (χ0v) is 11.2. The SMILES string of the molecule is CCC1(NC(=O)[C@@H]2CC[C@H](CN)O2)CCC1.Cl. The van der Waals surface area contributed by atoms with E-state index in [0.29, 0.717) is 6.54 Å². The summed E-state index contributed by atoms with van der Waals surface area (Å²) in [7, 11) is 0. The standard InChI is InChI=1S/C12H22N2O2.ClH/c1-2-12(6-3-7-12)14-11(15)10-5-4-9(8-13)16-10;/h9-10H,2-8,13H2,1H3,(H,14,15);1H/t9-,10+;/m1./s1. The summed E-state index contributed by atoms with van der Waals surface area (Å²) in [6, 6.07) is 0. The molecule has 2 aliphatic rings. The van der Waals surface area contributed by atoms with Gasteiger partial charge in [-0.05, 0) is 38.5 Å². The fourth-order valence-corrected chi connectivity index (χ4v) is 2.58. The molecule has 1 aliphatic carbocycles. The molecule has 100 valence electrons. The number of carbonyl (C=O) groups is 1. The molecule has 4 nitrogen and oxygen atoms in total. The van der Waals surface area contributed by atoms with Crippen LogP contribution >= 0.6 is 12.4 Å². The van der Waals surface area contributed by atoms with Crippen LogP contribution in [-0.4, -0.2) is 30.2 Å². The first kappa shape index (κ1) is 14.7. The normalized spacial score (nSPS) is 30.2. The van der Waals surface area contributed by atoms with Gasteiger partial charge in [-0.1, -0.05) is 6.92 Å². The highest BCUT2D eigenvalue weighted by Crippen LogP contribution is 2.35. The lowest BCUT2D eigenvalue weighted by molar-refractivity contribution is -0.135. The predicted octanol–water partition coefficient (Wildman–Crippen LogP) is 1.36. The lowest BCUT2D eigenvalue weighted by Crippen LogP contribution is -2.55. The fraction of sp³-hybridized carbons (Fsp3) is 0.917. The maximum Gasteiger partial charge on any atom is 0.249 e. The monoisotopic (exact) mass is 262 g/mol. The zero-order valence-electron chi connectivity index (χ0n) is 10.4. The van der Waals surface area contributed by atoms with Crippen LogP contribution in [0.5, 0.6) is 0 Å². The molecule has 0 aromatic rings. The van der Waals surface area contributed by atoms with Gasteiger partial charge in [0.15, 0.2) is 0 Å². The van der Waals surface area contributed by atoms with Crippen LogP contribution in [0, 0.1) is 0 Å². The average Bonchev–Trinajstić information content (AvgIpc) is 2.71. The molecule has 0 aromatic heterocycles. The van der Waals surface area contributed by atoms with Gasteiger partial charge in [0.2, 0.25) is 5.91 Å². The number of ether oxygens (including phenoxy) is 1. The molecule has 0 spiro atoms. The summed E-state index contributed by atoms with van der Waals surface area (Å²) in [5.74, 6) is 0.0671. The Labute approximate surface area is 109 Å². The number of amides is 1. The van der Waals surface area contributed by atoms with Crippen LogP contribution in [0.25, 0.3) is 0 Å². The van der Waals surface area contributed by atoms with Crippen molar-refractivity contribution in [3.8, 4) is 0 Å². The van der Waals surface area contributed by atoms with Crippen LogP contribution in [0.1, 0.15) is 45.4 Å². The van der Waals surface area contributed by atoms with E-state index in [9.17, 15) is 4.79 Å². The molecular formula is C12H23ClN2O2. The molecule has 2 fully saturated rings. The minimum absolute atomic E-state index is 0. The molecule has 1 amide bonds. The van der Waals surface area contributed by atoms with E-state index in [4.69, 9.17) is 10.5 Å². The summed E-state index contributed by atoms with van der Waals surface area (Å²) in [6.07, 6.45) is 6.01. The van der Waals surface area contributed by atoms with Crippen molar-refractivity contribution in [2.75, 3.05) is 6.54 Å². The van der Waals surface area contributed by atoms with E-state index >= 15 is 0 Å². The molecule has 0 bridgehead atoms. The lowest BCUT2D eigenvalue weighted by atomic mass is 9.74. The second-order valence-electron chi connectivity index (χ2n) is 5.04. The van der Waals surface area contributed by atoms with Crippen LogP contribution < -0.4 is 11.1 Å². The Morgan fingerprint density at radius 3 is 2.59 bits per heavy atom. The lowest BCUT2D eigenvalue weighted by Gasteiger charge is -2.42. The van der Waals surface area contributed by atoms with Crippen molar-refractivity contribution in [3.05, 3.63) is 0 Å². The third-order valence-electron chi connectivity index (χ3n) is 4.04. The number of nitrogens with one attached hydrogen (secondary N) is 1. The highest BCUT2D eigenvalue weighted by Gasteiger charge is 2.39. The molecule has 0 aromatic carbocycles. The number of hydrogen-bond acceptors (Lipinski definition) is 3. The number of nitrogens with two attached hydrogens (primary N) is 1. The van der Waals surface area contributed by atoms with Crippen molar-refractivity contribution in [2.45, 2.75) is 63.2 Å². The average molecular weight is 263 g/mol. The van der Waals surface area contributed by atoms with Crippen LogP contribution in [0.2, 0.25) is 0 Å². The second kappa shape index (κ2) is 6.03. The fourth-order valence-electron chi connectivity index (χ4n) is 2.58. The highest BCUT2D eigenvalue weighted by molar-refractivity contribution is 5.85. The molecule has 0 radical (unpaired) electrons. The van der Waals surface area contributed by atoms with Crippen LogP contribution in [0.3, 0.4) is 0 Å². The highest BCUT2D eigenvalue weighted by atomic mass is 35.5. The van der Waals surface area contributed by atoms with Gasteiger partial charge in [0.1, 0.15) is 6.10 Å². The predicted molar refractivity (Wildman–Crippen MR) is 69.2 cm³/mol. The number of rotatable bonds is 4. The summed E-state index contributed by atoms with van der Waals surface area (Å²) in [6.45, 7) is 2.65. The first-order chi connectivity index (χ1) is 7.69. The van der Waals surface area contributed by atoms with E-state index in [1.165, 1.54) is 6.42 Å². The van der Waals surface area contributed by atoms with Crippen molar-refractivity contribution in [2.24, 2.45) is 5.73 Å². The topological polar surface area (TPSA) is 64.4 Å². The molecule has 2 rings (SSSR count). The Morgan fingerprint density at radius 2 is 2.18 bits per heavy atom. The van der Waals surface area contributed by atoms with E-state index in [1.807, 2.05) is 0 Å². The van der Waals surface area contributed by atoms with Gasteiger partial charge in [0.25, 0.3) is 0 Å². The number of halogens is 1. The summed E-state index contributed by atoms with van der Waals surface area (Å²) in [5, 5.41) is 3.16. The van der Waals surface area contributed by atoms with Crippen molar-refractivity contribution in [3.63, 3.8) is 0 Å². The van der Waals surface area contributed by atoms with E-state index in [-0.39, 0.29) is 36.1 Å². The van der Waals surface area contributed by atoms with Crippen molar-refractivity contribution < 1.29 is 9.53 Å². The van der Waals surface area contributed by atoms with Gasteiger partial charge in [0, 0.05) is 12.1 Å². The van der Waals surface area contributed by atoms with E-state index in [0.717, 1.165) is 32.1 Å². The van der Waals surface area contributed by atoms with Gasteiger partial charge in [-0.3, -0.25) is 4.79 Å². The molecule has 3 N–H and O–H groups in total. The van der Waals surface area contributed by atoms with E-state index < -0.39 is 0 Å². The molecule has 1 heterocycles. The summed E-state index contributed by atoms with van der Waals surface area (Å²) >= 11 is 0. The molecule has 17 heavy (non-hydrogen) atoms. The Bertz CT molecular complexity index is 264. The second-order valence-corrected chi connectivity index (χ2v) is 5.04. The first-order valence-electron chi connectivity index (χ1n) is 6.36. The number of hydrogen-bond donors (Lipinski definition) is 2. The minimum Gasteiger partial charge on any atom is -0.364 e. The van der Waals surface area contributed by atoms with Gasteiger partial charge in [0.05, 0.1) is 6.10 Å². The maximum absolute atomic E-state index is 12.0. The van der Waals surface area contributed by atoms with Crippen LogP contribution in [0.15, 0.2) is 0 Å². The first-order valence-corrected chi connectivity index (χ1v) is 6.36. The smallest absolute Gasteiger partial charge is 0.249 e. The molecular weight excluding hydrogens is 240 g/mol. The minimum atomic E-state index is -0.266. The van der Waals surface area contributed by atoms with Crippen LogP contribution in [-0.2, 0) is 9.53 Å². The van der Waals surface area contributed by atoms with Gasteiger partial charge >= 0.3 is 0 Å². The quantitative estimate of drug-likeness (QED) is 0.804. The van der Waals surface area contributed by atoms with Crippen LogP contribution in [0.4, 0.5) is 0 Å². The maximum atomic E-state index is 12.0. The zero-order chi connectivity index (χ0) is 11.6. The van der Waals surface area contributed by atoms with Crippen molar-refractivity contribution in [1.82, 2.24) is 5.32 Å². The third-order valence-corrected chi connectivity index (χ3v) is 4.04. The summed E-state index contributed by atoms with van der Waals surface area (Å²) < 4.78 is 5.59. The van der Waals surface area contributed by atoms with Crippen molar-refractivity contribution in [1.29, 1.82) is 0 Å². The molecule has 1 aliphatic heterocycles. The van der Waals surface area contributed by atoms with Gasteiger partial charge in [-0.25, -0.2) is 0 Å². The largest absolute Gasteiger partial charge is 0.364 e. The molecule has 2 atom stereocenters. The van der Waals surface area contributed by atoms with E-state index in [2.05, 4.69) is 12.2 Å². The Kier molecular flexibility index (Phi) is 5.22. The van der Waals surface area contributed by atoms with Gasteiger partial charge in [-0.15, -0.1) is 12.4 Å². The van der Waals surface area contributed by atoms with Gasteiger partial charge in [-0.2, -0.15) is 0 Å². The third kappa shape index (κ3) is 3.12. The molecule has 1 saturated heterocycles. The summed E-state index contributed by atoms with van der Waals surface area (Å²) in [4.78, 5) is 12.0. The molecule has 0 unspecified atom stereocenters. The van der Waals surface area contributed by atoms with Crippen molar-refractivity contribution >= 4 is 18.3 Å². The Balaban J connectivity index is 0.00000144. The van der Waals surface area contributed by atoms with Gasteiger partial charge < -0.3 is 15.8 Å². The Morgan fingerprint density at radius 1 is 1.47 bits per heavy atom. The molecule has 1 saturated carbocycles. The summed E-state index contributed by atoms with van der Waals surface area (Å²) in [5.41, 5.74) is 5.60. The Hall–Kier alpha value is -0.320. The van der Waals surface area contributed by atoms with E-state index in [1.54, 1.807) is 0 Å². The molecule has 5 heteroatoms.